The molecule has 0 unspecified atom stereocenters. The minimum atomic E-state index is -1.04. The Morgan fingerprint density at radius 2 is 0.704 bits per heavy atom. The van der Waals surface area contributed by atoms with E-state index in [1.807, 2.05) is 53.7 Å². The van der Waals surface area contributed by atoms with Crippen LogP contribution in [0.4, 0.5) is 17.1 Å². The molecule has 0 saturated heterocycles. The maximum Gasteiger partial charge on any atom is 0.355 e. The lowest BCUT2D eigenvalue weighted by Gasteiger charge is -2.18. The Kier molecular flexibility index (Phi) is 18.7. The van der Waals surface area contributed by atoms with Crippen LogP contribution in [0.2, 0.25) is 0 Å². The third kappa shape index (κ3) is 17.0. The van der Waals surface area contributed by atoms with Crippen LogP contribution >= 0.6 is 0 Å². The molecule has 3 aromatic heterocycles. The Balaban J connectivity index is 0.000000182. The number of carboxylic acid groups (broad SMARTS) is 2. The molecule has 416 valence electrons. The number of nitrogens with one attached hydrogen (secondary N) is 5. The van der Waals surface area contributed by atoms with Crippen molar-refractivity contribution < 1.29 is 62.8 Å². The SMILES string of the molecule is CC(=O)c1ccc(C(=O)Nc2ccc3[nH]c(C(=O)O)cc3c2)cc1.CC(=O)c1ccc(C(=O)Nc2ccc3[nH]c(C(=O)OC(C)(C)C)cc3c2)cc1.CC(=O)c1ccc(C(=O)O)cc1.CC(C)(C)OC(=O)c1cc2cc(N)ccc2[nH]1. The molecule has 19 nitrogen and oxygen atoms in total. The Labute approximate surface area is 464 Å². The van der Waals surface area contributed by atoms with Gasteiger partial charge in [0.15, 0.2) is 17.3 Å². The van der Waals surface area contributed by atoms with Crippen LogP contribution in [0.3, 0.4) is 0 Å². The highest BCUT2D eigenvalue weighted by Crippen LogP contribution is 2.25. The number of nitrogen functional groups attached to an aromatic ring is 1. The van der Waals surface area contributed by atoms with Gasteiger partial charge < -0.3 is 51.0 Å². The van der Waals surface area contributed by atoms with Crippen LogP contribution in [-0.2, 0) is 9.47 Å². The number of benzene rings is 6. The number of ether oxygens (including phenoxy) is 2. The number of hydrogen-bond acceptors (Lipinski definition) is 12. The molecule has 0 aliphatic carbocycles. The van der Waals surface area contributed by atoms with Crippen LogP contribution in [0.15, 0.2) is 146 Å². The number of amides is 2. The molecule has 0 aliphatic heterocycles. The predicted molar refractivity (Wildman–Crippen MR) is 309 cm³/mol. The molecule has 6 aromatic carbocycles. The first-order valence-corrected chi connectivity index (χ1v) is 25.0. The lowest BCUT2D eigenvalue weighted by atomic mass is 10.1. The van der Waals surface area contributed by atoms with Crippen molar-refractivity contribution in [3.05, 3.63) is 196 Å². The number of aromatic carboxylic acids is 2. The number of hydrogen-bond donors (Lipinski definition) is 8. The van der Waals surface area contributed by atoms with Gasteiger partial charge in [0.1, 0.15) is 28.3 Å². The van der Waals surface area contributed by atoms with Gasteiger partial charge in [-0.05, 0) is 172 Å². The molecule has 9 N–H and O–H groups in total. The highest BCUT2D eigenvalue weighted by molar-refractivity contribution is 6.08. The quantitative estimate of drug-likeness (QED) is 0.0339. The van der Waals surface area contributed by atoms with Gasteiger partial charge in [-0.1, -0.05) is 36.4 Å². The first-order valence-electron chi connectivity index (χ1n) is 25.0. The molecule has 0 saturated carbocycles. The summed E-state index contributed by atoms with van der Waals surface area (Å²) in [6.07, 6.45) is 0. The number of rotatable bonds is 11. The number of nitrogens with two attached hydrogens (primary N) is 1. The Morgan fingerprint density at radius 1 is 0.395 bits per heavy atom. The minimum absolute atomic E-state index is 0.0503. The van der Waals surface area contributed by atoms with Gasteiger partial charge in [-0.3, -0.25) is 24.0 Å². The summed E-state index contributed by atoms with van der Waals surface area (Å²) in [4.78, 5) is 112. The topological polar surface area (TPSA) is 310 Å². The van der Waals surface area contributed by atoms with Crippen LogP contribution in [0, 0.1) is 0 Å². The molecule has 0 radical (unpaired) electrons. The van der Waals surface area contributed by atoms with Gasteiger partial charge in [-0.25, -0.2) is 19.2 Å². The van der Waals surface area contributed by atoms with Crippen LogP contribution in [-0.4, -0.2) is 89.4 Å². The molecule has 81 heavy (non-hydrogen) atoms. The standard InChI is InChI=1S/C22H22N2O4.C18H14N2O4.C13H16N2O2.C9H8O3/c1-13(25)14-5-7-15(8-6-14)20(26)23-17-9-10-18-16(11-17)12-19(24-18)21(27)28-22(2,3)4;1-10(21)11-2-4-12(5-3-11)17(22)19-14-6-7-15-13(8-14)9-16(20-15)18(23)24;1-13(2,3)17-12(16)11-7-8-6-9(14)4-5-10(8)15-11;1-6(10)7-2-4-8(5-3-7)9(11)12/h5-12,24H,1-4H3,(H,23,26);2-9,20H,1H3,(H,19,22)(H,23,24);4-7,15H,14H2,1-3H3;2-5H,1H3,(H,11,12). The van der Waals surface area contributed by atoms with Gasteiger partial charge in [0.25, 0.3) is 11.8 Å². The van der Waals surface area contributed by atoms with E-state index in [1.54, 1.807) is 103 Å². The molecule has 9 aromatic rings. The van der Waals surface area contributed by atoms with Crippen LogP contribution < -0.4 is 16.4 Å². The number of aromatic amines is 3. The van der Waals surface area contributed by atoms with Gasteiger partial charge in [0.2, 0.25) is 0 Å². The average Bonchev–Trinajstić information content (AvgIpc) is 4.26. The third-order valence-corrected chi connectivity index (χ3v) is 11.5. The number of carbonyl (C=O) groups excluding carboxylic acids is 7. The maximum atomic E-state index is 12.4. The van der Waals surface area contributed by atoms with Crippen molar-refractivity contribution in [2.75, 3.05) is 16.4 Å². The molecular weight excluding hydrogens is 1040 g/mol. The minimum Gasteiger partial charge on any atom is -0.478 e. The second-order valence-electron chi connectivity index (χ2n) is 20.4. The van der Waals surface area contributed by atoms with Crippen molar-refractivity contribution in [2.24, 2.45) is 0 Å². The number of ketones is 3. The smallest absolute Gasteiger partial charge is 0.355 e. The van der Waals surface area contributed by atoms with Gasteiger partial charge in [-0.15, -0.1) is 0 Å². The molecule has 0 spiro atoms. The van der Waals surface area contributed by atoms with Crippen molar-refractivity contribution in [2.45, 2.75) is 73.5 Å². The molecule has 2 amide bonds. The fraction of sp³-hybridized carbons (Fsp3) is 0.177. The summed E-state index contributed by atoms with van der Waals surface area (Å²) in [6.45, 7) is 15.3. The summed E-state index contributed by atoms with van der Waals surface area (Å²) in [5.41, 5.74) is 12.4. The molecule has 0 aliphatic rings. The summed E-state index contributed by atoms with van der Waals surface area (Å²) < 4.78 is 10.7. The number of esters is 2. The molecule has 19 heteroatoms. The summed E-state index contributed by atoms with van der Waals surface area (Å²) in [7, 11) is 0. The molecule has 9 rings (SSSR count). The van der Waals surface area contributed by atoms with Gasteiger partial charge in [0, 0.05) is 77.6 Å². The largest absolute Gasteiger partial charge is 0.478 e. The van der Waals surface area contributed by atoms with Gasteiger partial charge in [-0.2, -0.15) is 0 Å². The zero-order chi connectivity index (χ0) is 59.5. The Morgan fingerprint density at radius 3 is 1.04 bits per heavy atom. The zero-order valence-electron chi connectivity index (χ0n) is 45.8. The summed E-state index contributed by atoms with van der Waals surface area (Å²) in [5, 5.41) is 25.5. The third-order valence-electron chi connectivity index (χ3n) is 11.5. The number of carboxylic acids is 2. The second kappa shape index (κ2) is 25.4. The number of anilines is 3. The number of fused-ring (bicyclic) bond motifs is 3. The summed E-state index contributed by atoms with van der Waals surface area (Å²) >= 11 is 0. The van der Waals surface area contributed by atoms with E-state index in [9.17, 15) is 43.2 Å². The Hall–Kier alpha value is -10.4. The fourth-order valence-corrected chi connectivity index (χ4v) is 7.54. The normalized spacial score (nSPS) is 10.9. The molecule has 0 atom stereocenters. The zero-order valence-corrected chi connectivity index (χ0v) is 45.8. The predicted octanol–water partition coefficient (Wildman–Crippen LogP) is 12.2. The van der Waals surface area contributed by atoms with E-state index in [2.05, 4.69) is 25.6 Å². The highest BCUT2D eigenvalue weighted by atomic mass is 16.6. The first-order chi connectivity index (χ1) is 38.0. The average molecular weight is 1100 g/mol. The Bertz CT molecular complexity index is 3820. The van der Waals surface area contributed by atoms with Crippen LogP contribution in [0.25, 0.3) is 32.7 Å². The molecule has 0 bridgehead atoms. The molecular formula is C62H60N6O13. The van der Waals surface area contributed by atoms with E-state index in [0.29, 0.717) is 67.2 Å². The van der Waals surface area contributed by atoms with E-state index < -0.39 is 29.1 Å². The first kappa shape index (κ1) is 59.8. The number of H-pyrrole nitrogens is 3. The lowest BCUT2D eigenvalue weighted by Crippen LogP contribution is -2.24. The number of aromatic nitrogens is 3. The van der Waals surface area contributed by atoms with Crippen molar-refractivity contribution in [3.63, 3.8) is 0 Å². The van der Waals surface area contributed by atoms with E-state index >= 15 is 0 Å². The van der Waals surface area contributed by atoms with Crippen molar-refractivity contribution in [3.8, 4) is 0 Å². The lowest BCUT2D eigenvalue weighted by molar-refractivity contribution is 0.00516. The van der Waals surface area contributed by atoms with Gasteiger partial charge >= 0.3 is 23.9 Å². The summed E-state index contributed by atoms with van der Waals surface area (Å²) in [6, 6.07) is 39.5. The second-order valence-corrected chi connectivity index (χ2v) is 20.4. The number of carbonyl (C=O) groups is 9. The van der Waals surface area contributed by atoms with E-state index in [0.717, 1.165) is 21.8 Å². The molecule has 0 fully saturated rings. The van der Waals surface area contributed by atoms with Crippen molar-refractivity contribution in [1.82, 2.24) is 15.0 Å². The van der Waals surface area contributed by atoms with Crippen molar-refractivity contribution in [1.29, 1.82) is 0 Å². The monoisotopic (exact) mass is 1100 g/mol. The van der Waals surface area contributed by atoms with Crippen LogP contribution in [0.1, 0.15) is 156 Å². The fourth-order valence-electron chi connectivity index (χ4n) is 7.54. The maximum absolute atomic E-state index is 12.4. The van der Waals surface area contributed by atoms with E-state index in [1.165, 1.54) is 51.1 Å². The van der Waals surface area contributed by atoms with Crippen molar-refractivity contribution >= 4 is 103 Å². The highest BCUT2D eigenvalue weighted by Gasteiger charge is 2.21. The summed E-state index contributed by atoms with van der Waals surface area (Å²) in [5.74, 6) is -3.57. The number of Topliss-reactive ketones (excluding diaryl/α,β-unsaturated/α-hetero) is 3. The van der Waals surface area contributed by atoms with Gasteiger partial charge in [0.05, 0.1) is 5.56 Å². The van der Waals surface area contributed by atoms with Crippen LogP contribution in [0.5, 0.6) is 0 Å². The van der Waals surface area contributed by atoms with E-state index in [4.69, 9.17) is 25.4 Å². The van der Waals surface area contributed by atoms with E-state index in [-0.39, 0.29) is 46.4 Å². The molecule has 3 heterocycles.